The van der Waals surface area contributed by atoms with Gasteiger partial charge in [-0.15, -0.1) is 0 Å². The lowest BCUT2D eigenvalue weighted by molar-refractivity contribution is 0.157. The van der Waals surface area contributed by atoms with Crippen LogP contribution in [0.5, 0.6) is 0 Å². The lowest BCUT2D eigenvalue weighted by Gasteiger charge is -2.19. The number of nitrogens with zero attached hydrogens (tertiary/aromatic N) is 2. The molecule has 0 aliphatic carbocycles. The number of aromatic nitrogens is 2. The first-order chi connectivity index (χ1) is 6.03. The van der Waals surface area contributed by atoms with Gasteiger partial charge >= 0.3 is 0 Å². The van der Waals surface area contributed by atoms with E-state index in [-0.39, 0.29) is 12.0 Å². The summed E-state index contributed by atoms with van der Waals surface area (Å²) in [5.41, 5.74) is -0.145. The average Bonchev–Trinajstić information content (AvgIpc) is 2.09. The second kappa shape index (κ2) is 4.15. The van der Waals surface area contributed by atoms with Gasteiger partial charge in [-0.05, 0) is 21.3 Å². The zero-order chi connectivity index (χ0) is 9.90. The molecule has 3 nitrogen and oxygen atoms in total. The Hall–Kier alpha value is -0.480. The van der Waals surface area contributed by atoms with Crippen molar-refractivity contribution in [3.63, 3.8) is 0 Å². The van der Waals surface area contributed by atoms with Crippen molar-refractivity contribution < 1.29 is 5.11 Å². The minimum atomic E-state index is -0.145. The molecule has 1 heterocycles. The Kier molecular flexibility index (Phi) is 3.39. The summed E-state index contributed by atoms with van der Waals surface area (Å²) in [4.78, 5) is 8.28. The summed E-state index contributed by atoms with van der Waals surface area (Å²) in [5.74, 6) is 0.766. The fourth-order valence-electron chi connectivity index (χ4n) is 0.914. The van der Waals surface area contributed by atoms with Gasteiger partial charge < -0.3 is 5.11 Å². The van der Waals surface area contributed by atoms with Crippen molar-refractivity contribution in [2.75, 3.05) is 6.61 Å². The van der Waals surface area contributed by atoms with Gasteiger partial charge in [0, 0.05) is 25.4 Å². The van der Waals surface area contributed by atoms with E-state index in [1.165, 1.54) is 0 Å². The summed E-state index contributed by atoms with van der Waals surface area (Å²) in [5, 5.41) is 9.05. The van der Waals surface area contributed by atoms with Crippen LogP contribution in [0.2, 0.25) is 0 Å². The number of hydrogen-bond donors (Lipinski definition) is 1. The molecule has 13 heavy (non-hydrogen) atoms. The molecule has 1 aromatic heterocycles. The number of hydrogen-bond acceptors (Lipinski definition) is 3. The average molecular weight is 245 g/mol. The summed E-state index contributed by atoms with van der Waals surface area (Å²) in [6.07, 6.45) is 4.13. The monoisotopic (exact) mass is 244 g/mol. The predicted molar refractivity (Wildman–Crippen MR) is 54.3 cm³/mol. The molecule has 0 fully saturated rings. The van der Waals surface area contributed by atoms with Crippen LogP contribution in [0.1, 0.15) is 19.7 Å². The van der Waals surface area contributed by atoms with E-state index in [4.69, 9.17) is 5.11 Å². The van der Waals surface area contributed by atoms with Gasteiger partial charge in [-0.25, -0.2) is 9.97 Å². The molecule has 1 N–H and O–H groups in total. The zero-order valence-electron chi connectivity index (χ0n) is 7.79. The highest BCUT2D eigenvalue weighted by atomic mass is 79.9. The number of aliphatic hydroxyl groups is 1. The van der Waals surface area contributed by atoms with Gasteiger partial charge in [0.15, 0.2) is 0 Å². The highest BCUT2D eigenvalue weighted by Crippen LogP contribution is 2.18. The summed E-state index contributed by atoms with van der Waals surface area (Å²) >= 11 is 3.27. The van der Waals surface area contributed by atoms with Crippen LogP contribution in [-0.4, -0.2) is 21.7 Å². The van der Waals surface area contributed by atoms with Crippen molar-refractivity contribution in [2.45, 2.75) is 20.3 Å². The molecule has 0 atom stereocenters. The first-order valence-corrected chi connectivity index (χ1v) is 4.90. The predicted octanol–water partition coefficient (Wildman–Crippen LogP) is 1.80. The van der Waals surface area contributed by atoms with Crippen molar-refractivity contribution in [3.8, 4) is 0 Å². The van der Waals surface area contributed by atoms with Crippen LogP contribution in [0.4, 0.5) is 0 Å². The molecular formula is C9H13BrN2O. The first kappa shape index (κ1) is 10.6. The van der Waals surface area contributed by atoms with Crippen LogP contribution in [-0.2, 0) is 6.42 Å². The third-order valence-electron chi connectivity index (χ3n) is 1.74. The van der Waals surface area contributed by atoms with Crippen LogP contribution < -0.4 is 0 Å². The smallest absolute Gasteiger partial charge is 0.128 e. The van der Waals surface area contributed by atoms with Gasteiger partial charge in [-0.1, -0.05) is 13.8 Å². The number of aliphatic hydroxyl groups excluding tert-OH is 1. The van der Waals surface area contributed by atoms with Crippen LogP contribution >= 0.6 is 15.9 Å². The van der Waals surface area contributed by atoms with Crippen LogP contribution in [0.25, 0.3) is 0 Å². The van der Waals surface area contributed by atoms with E-state index in [2.05, 4.69) is 25.9 Å². The molecule has 0 aliphatic rings. The highest BCUT2D eigenvalue weighted by molar-refractivity contribution is 9.10. The second-order valence-electron chi connectivity index (χ2n) is 3.82. The van der Waals surface area contributed by atoms with E-state index >= 15 is 0 Å². The molecule has 0 aromatic carbocycles. The third-order valence-corrected chi connectivity index (χ3v) is 2.15. The summed E-state index contributed by atoms with van der Waals surface area (Å²) in [6.45, 7) is 4.11. The lowest BCUT2D eigenvalue weighted by Crippen LogP contribution is -2.21. The topological polar surface area (TPSA) is 46.0 Å². The van der Waals surface area contributed by atoms with Crippen molar-refractivity contribution in [1.82, 2.24) is 9.97 Å². The minimum absolute atomic E-state index is 0.145. The van der Waals surface area contributed by atoms with E-state index in [0.29, 0.717) is 6.42 Å². The van der Waals surface area contributed by atoms with E-state index < -0.39 is 0 Å². The van der Waals surface area contributed by atoms with Crippen molar-refractivity contribution in [1.29, 1.82) is 0 Å². The van der Waals surface area contributed by atoms with Gasteiger partial charge in [-0.2, -0.15) is 0 Å². The molecule has 72 valence electrons. The largest absolute Gasteiger partial charge is 0.396 e. The fourth-order valence-corrected chi connectivity index (χ4v) is 1.12. The Morgan fingerprint density at radius 3 is 2.38 bits per heavy atom. The number of rotatable bonds is 3. The van der Waals surface area contributed by atoms with Crippen LogP contribution in [0.3, 0.4) is 0 Å². The SMILES string of the molecule is CC(C)(CO)Cc1ncc(Br)cn1. The highest BCUT2D eigenvalue weighted by Gasteiger charge is 2.18. The Balaban J connectivity index is 2.69. The Morgan fingerprint density at radius 1 is 1.38 bits per heavy atom. The molecule has 0 bridgehead atoms. The summed E-state index contributed by atoms with van der Waals surface area (Å²) < 4.78 is 0.873. The van der Waals surface area contributed by atoms with Gasteiger partial charge in [0.2, 0.25) is 0 Å². The third kappa shape index (κ3) is 3.40. The summed E-state index contributed by atoms with van der Waals surface area (Å²) in [6, 6.07) is 0. The molecular weight excluding hydrogens is 232 g/mol. The van der Waals surface area contributed by atoms with E-state index in [0.717, 1.165) is 10.3 Å². The van der Waals surface area contributed by atoms with Gasteiger partial charge in [0.25, 0.3) is 0 Å². The Morgan fingerprint density at radius 2 is 1.92 bits per heavy atom. The maximum atomic E-state index is 9.05. The maximum Gasteiger partial charge on any atom is 0.128 e. The molecule has 0 saturated carbocycles. The van der Waals surface area contributed by atoms with Gasteiger partial charge in [0.05, 0.1) is 4.47 Å². The van der Waals surface area contributed by atoms with Gasteiger partial charge in [-0.3, -0.25) is 0 Å². The molecule has 0 unspecified atom stereocenters. The summed E-state index contributed by atoms with van der Waals surface area (Å²) in [7, 11) is 0. The van der Waals surface area contributed by atoms with E-state index in [9.17, 15) is 0 Å². The van der Waals surface area contributed by atoms with E-state index in [1.807, 2.05) is 13.8 Å². The Labute approximate surface area is 86.4 Å². The number of halogens is 1. The zero-order valence-corrected chi connectivity index (χ0v) is 9.37. The van der Waals surface area contributed by atoms with Gasteiger partial charge in [0.1, 0.15) is 5.82 Å². The normalized spacial score (nSPS) is 11.7. The first-order valence-electron chi connectivity index (χ1n) is 4.11. The van der Waals surface area contributed by atoms with Crippen molar-refractivity contribution in [2.24, 2.45) is 5.41 Å². The van der Waals surface area contributed by atoms with Crippen LogP contribution in [0, 0.1) is 5.41 Å². The molecule has 0 aliphatic heterocycles. The molecule has 0 saturated heterocycles. The molecule has 0 radical (unpaired) electrons. The molecule has 0 spiro atoms. The molecule has 4 heteroatoms. The van der Waals surface area contributed by atoms with Crippen molar-refractivity contribution >= 4 is 15.9 Å². The Bertz CT molecular complexity index is 271. The second-order valence-corrected chi connectivity index (χ2v) is 4.73. The van der Waals surface area contributed by atoms with E-state index in [1.54, 1.807) is 12.4 Å². The molecule has 1 rings (SSSR count). The minimum Gasteiger partial charge on any atom is -0.396 e. The fraction of sp³-hybridized carbons (Fsp3) is 0.556. The molecule has 0 amide bonds. The molecule has 1 aromatic rings. The maximum absolute atomic E-state index is 9.05. The lowest BCUT2D eigenvalue weighted by atomic mass is 9.90. The van der Waals surface area contributed by atoms with Crippen LogP contribution in [0.15, 0.2) is 16.9 Å². The van der Waals surface area contributed by atoms with Crippen molar-refractivity contribution in [3.05, 3.63) is 22.7 Å². The quantitative estimate of drug-likeness (QED) is 0.883. The standard InChI is InChI=1S/C9H13BrN2O/c1-9(2,6-13)3-8-11-4-7(10)5-12-8/h4-5,13H,3,6H2,1-2H3.